The van der Waals surface area contributed by atoms with Crippen molar-refractivity contribution in [2.75, 3.05) is 26.2 Å². The summed E-state index contributed by atoms with van der Waals surface area (Å²) in [7, 11) is 0. The van der Waals surface area contributed by atoms with Crippen molar-refractivity contribution in [3.8, 4) is 0 Å². The Morgan fingerprint density at radius 2 is 2.00 bits per heavy atom. The van der Waals surface area contributed by atoms with E-state index in [2.05, 4.69) is 24.0 Å². The lowest BCUT2D eigenvalue weighted by molar-refractivity contribution is -0.145. The van der Waals surface area contributed by atoms with E-state index in [9.17, 15) is 4.79 Å². The molecule has 4 nitrogen and oxygen atoms in total. The Labute approximate surface area is 121 Å². The van der Waals surface area contributed by atoms with E-state index in [-0.39, 0.29) is 12.0 Å². The highest BCUT2D eigenvalue weighted by molar-refractivity contribution is 5.71. The van der Waals surface area contributed by atoms with Crippen LogP contribution in [0, 0.1) is 0 Å². The number of nitrogens with two attached hydrogens (primary N) is 1. The van der Waals surface area contributed by atoms with Crippen LogP contribution in [0.3, 0.4) is 0 Å². The lowest BCUT2D eigenvalue weighted by atomic mass is 10.0. The SMILES string of the molecule is CCCN(CC(=O)OCC)C(CCN)c1ccccc1. The summed E-state index contributed by atoms with van der Waals surface area (Å²) in [4.78, 5) is 13.9. The third kappa shape index (κ3) is 5.31. The molecule has 112 valence electrons. The summed E-state index contributed by atoms with van der Waals surface area (Å²) in [6.45, 7) is 6.15. The molecule has 1 aromatic carbocycles. The number of carbonyl (C=O) groups is 1. The van der Waals surface area contributed by atoms with Crippen LogP contribution in [0.5, 0.6) is 0 Å². The molecule has 2 N–H and O–H groups in total. The average molecular weight is 278 g/mol. The first kappa shape index (κ1) is 16.7. The Morgan fingerprint density at radius 1 is 1.30 bits per heavy atom. The fourth-order valence-electron chi connectivity index (χ4n) is 2.40. The maximum Gasteiger partial charge on any atom is 0.320 e. The number of rotatable bonds is 9. The Balaban J connectivity index is 2.85. The van der Waals surface area contributed by atoms with Crippen molar-refractivity contribution in [1.82, 2.24) is 4.90 Å². The second-order valence-corrected chi connectivity index (χ2v) is 4.78. The number of ether oxygens (including phenoxy) is 1. The van der Waals surface area contributed by atoms with Crippen LogP contribution in [0.25, 0.3) is 0 Å². The number of benzene rings is 1. The molecule has 1 rings (SSSR count). The van der Waals surface area contributed by atoms with Gasteiger partial charge in [-0.05, 0) is 38.4 Å². The van der Waals surface area contributed by atoms with E-state index in [0.717, 1.165) is 19.4 Å². The smallest absolute Gasteiger partial charge is 0.320 e. The topological polar surface area (TPSA) is 55.6 Å². The van der Waals surface area contributed by atoms with Gasteiger partial charge in [-0.25, -0.2) is 0 Å². The van der Waals surface area contributed by atoms with Gasteiger partial charge >= 0.3 is 5.97 Å². The summed E-state index contributed by atoms with van der Waals surface area (Å²) in [6, 6.07) is 10.4. The first-order valence-electron chi connectivity index (χ1n) is 7.37. The normalized spacial score (nSPS) is 12.4. The number of nitrogens with zero attached hydrogens (tertiary/aromatic N) is 1. The van der Waals surface area contributed by atoms with Crippen molar-refractivity contribution in [2.24, 2.45) is 5.73 Å². The summed E-state index contributed by atoms with van der Waals surface area (Å²) in [5.74, 6) is -0.168. The van der Waals surface area contributed by atoms with Crippen molar-refractivity contribution >= 4 is 5.97 Å². The molecule has 0 heterocycles. The van der Waals surface area contributed by atoms with Crippen LogP contribution in [0.4, 0.5) is 0 Å². The van der Waals surface area contributed by atoms with E-state index in [1.54, 1.807) is 0 Å². The van der Waals surface area contributed by atoms with Crippen molar-refractivity contribution in [3.05, 3.63) is 35.9 Å². The molecule has 0 radical (unpaired) electrons. The summed E-state index contributed by atoms with van der Waals surface area (Å²) in [5.41, 5.74) is 6.95. The highest BCUT2D eigenvalue weighted by atomic mass is 16.5. The van der Waals surface area contributed by atoms with E-state index < -0.39 is 0 Å². The number of esters is 1. The lowest BCUT2D eigenvalue weighted by Gasteiger charge is -2.31. The molecule has 20 heavy (non-hydrogen) atoms. The van der Waals surface area contributed by atoms with Crippen LogP contribution in [-0.4, -0.2) is 37.1 Å². The predicted molar refractivity (Wildman–Crippen MR) is 81.4 cm³/mol. The summed E-state index contributed by atoms with van der Waals surface area (Å²) in [6.07, 6.45) is 1.83. The molecular formula is C16H26N2O2. The van der Waals surface area contributed by atoms with E-state index in [0.29, 0.717) is 19.7 Å². The Bertz CT molecular complexity index is 381. The fraction of sp³-hybridized carbons (Fsp3) is 0.562. The first-order valence-corrected chi connectivity index (χ1v) is 7.37. The average Bonchev–Trinajstić information content (AvgIpc) is 2.45. The molecule has 0 aliphatic carbocycles. The maximum absolute atomic E-state index is 11.8. The maximum atomic E-state index is 11.8. The fourth-order valence-corrected chi connectivity index (χ4v) is 2.40. The summed E-state index contributed by atoms with van der Waals surface area (Å²) >= 11 is 0. The van der Waals surface area contributed by atoms with Gasteiger partial charge in [0.15, 0.2) is 0 Å². The third-order valence-electron chi connectivity index (χ3n) is 3.21. The molecule has 1 aromatic rings. The van der Waals surface area contributed by atoms with Gasteiger partial charge in [0.05, 0.1) is 13.2 Å². The molecule has 0 amide bonds. The van der Waals surface area contributed by atoms with Gasteiger partial charge in [0, 0.05) is 6.04 Å². The van der Waals surface area contributed by atoms with Gasteiger partial charge in [0.1, 0.15) is 0 Å². The summed E-state index contributed by atoms with van der Waals surface area (Å²) < 4.78 is 5.07. The van der Waals surface area contributed by atoms with Gasteiger partial charge in [-0.1, -0.05) is 37.3 Å². The minimum Gasteiger partial charge on any atom is -0.465 e. The summed E-state index contributed by atoms with van der Waals surface area (Å²) in [5, 5.41) is 0. The van der Waals surface area contributed by atoms with Crippen molar-refractivity contribution < 1.29 is 9.53 Å². The van der Waals surface area contributed by atoms with Crippen LogP contribution in [0.15, 0.2) is 30.3 Å². The standard InChI is InChI=1S/C16H26N2O2/c1-3-12-18(13-16(19)20-4-2)15(10-11-17)14-8-6-5-7-9-14/h5-9,15H,3-4,10-13,17H2,1-2H3. The van der Waals surface area contributed by atoms with Gasteiger partial charge in [0.2, 0.25) is 0 Å². The lowest BCUT2D eigenvalue weighted by Crippen LogP contribution is -2.36. The minimum atomic E-state index is -0.168. The van der Waals surface area contributed by atoms with Crippen LogP contribution in [0.2, 0.25) is 0 Å². The minimum absolute atomic E-state index is 0.168. The molecule has 0 saturated carbocycles. The van der Waals surface area contributed by atoms with E-state index in [1.807, 2.05) is 25.1 Å². The van der Waals surface area contributed by atoms with Crippen molar-refractivity contribution in [1.29, 1.82) is 0 Å². The zero-order chi connectivity index (χ0) is 14.8. The molecule has 0 fully saturated rings. The molecule has 0 aliphatic rings. The predicted octanol–water partition coefficient (Wildman–Crippen LogP) is 2.35. The number of hydrogen-bond acceptors (Lipinski definition) is 4. The van der Waals surface area contributed by atoms with Crippen LogP contribution < -0.4 is 5.73 Å². The van der Waals surface area contributed by atoms with E-state index in [4.69, 9.17) is 10.5 Å². The number of carbonyl (C=O) groups excluding carboxylic acids is 1. The van der Waals surface area contributed by atoms with Gasteiger partial charge in [-0.3, -0.25) is 9.69 Å². The zero-order valence-electron chi connectivity index (χ0n) is 12.5. The molecule has 4 heteroatoms. The molecule has 0 bridgehead atoms. The van der Waals surface area contributed by atoms with Crippen molar-refractivity contribution in [2.45, 2.75) is 32.7 Å². The molecule has 0 aromatic heterocycles. The molecule has 1 unspecified atom stereocenters. The van der Waals surface area contributed by atoms with E-state index in [1.165, 1.54) is 5.56 Å². The second kappa shape index (κ2) is 9.50. The van der Waals surface area contributed by atoms with Crippen LogP contribution in [0.1, 0.15) is 38.3 Å². The second-order valence-electron chi connectivity index (χ2n) is 4.78. The van der Waals surface area contributed by atoms with Crippen molar-refractivity contribution in [3.63, 3.8) is 0 Å². The van der Waals surface area contributed by atoms with Crippen LogP contribution in [-0.2, 0) is 9.53 Å². The highest BCUT2D eigenvalue weighted by Gasteiger charge is 2.21. The van der Waals surface area contributed by atoms with Gasteiger partial charge in [0.25, 0.3) is 0 Å². The monoisotopic (exact) mass is 278 g/mol. The van der Waals surface area contributed by atoms with Gasteiger partial charge in [-0.15, -0.1) is 0 Å². The first-order chi connectivity index (χ1) is 9.72. The van der Waals surface area contributed by atoms with Gasteiger partial charge < -0.3 is 10.5 Å². The zero-order valence-corrected chi connectivity index (χ0v) is 12.5. The van der Waals surface area contributed by atoms with E-state index >= 15 is 0 Å². The Kier molecular flexibility index (Phi) is 7.92. The molecule has 1 atom stereocenters. The number of hydrogen-bond donors (Lipinski definition) is 1. The molecule has 0 spiro atoms. The Morgan fingerprint density at radius 3 is 2.55 bits per heavy atom. The Hall–Kier alpha value is -1.39. The highest BCUT2D eigenvalue weighted by Crippen LogP contribution is 2.23. The molecule has 0 aliphatic heterocycles. The third-order valence-corrected chi connectivity index (χ3v) is 3.21. The van der Waals surface area contributed by atoms with Crippen LogP contribution >= 0.6 is 0 Å². The van der Waals surface area contributed by atoms with Gasteiger partial charge in [-0.2, -0.15) is 0 Å². The quantitative estimate of drug-likeness (QED) is 0.705. The molecular weight excluding hydrogens is 252 g/mol. The largest absolute Gasteiger partial charge is 0.465 e. The molecule has 0 saturated heterocycles.